The highest BCUT2D eigenvalue weighted by Crippen LogP contribution is 2.50. The van der Waals surface area contributed by atoms with E-state index in [1.165, 1.54) is 0 Å². The molecular formula is C44H31NO3. The number of fused-ring (bicyclic) bond motifs is 2. The van der Waals surface area contributed by atoms with Gasteiger partial charge in [0.2, 0.25) is 0 Å². The van der Waals surface area contributed by atoms with E-state index >= 15 is 0 Å². The van der Waals surface area contributed by atoms with Gasteiger partial charge < -0.3 is 9.64 Å². The van der Waals surface area contributed by atoms with Crippen LogP contribution in [-0.4, -0.2) is 11.6 Å². The third kappa shape index (κ3) is 5.54. The van der Waals surface area contributed by atoms with E-state index in [2.05, 4.69) is 23.1 Å². The summed E-state index contributed by atoms with van der Waals surface area (Å²) in [5.74, 6) is 1.07. The van der Waals surface area contributed by atoms with Crippen molar-refractivity contribution in [3.63, 3.8) is 0 Å². The molecule has 48 heavy (non-hydrogen) atoms. The molecule has 0 saturated heterocycles. The van der Waals surface area contributed by atoms with E-state index in [4.69, 9.17) is 4.74 Å². The Balaban J connectivity index is 1.27. The van der Waals surface area contributed by atoms with E-state index < -0.39 is 0 Å². The summed E-state index contributed by atoms with van der Waals surface area (Å²) in [7, 11) is 0. The number of hydrogen-bond donors (Lipinski definition) is 0. The third-order valence-corrected chi connectivity index (χ3v) is 8.82. The fourth-order valence-corrected chi connectivity index (χ4v) is 6.46. The van der Waals surface area contributed by atoms with Gasteiger partial charge in [0, 0.05) is 27.9 Å². The largest absolute Gasteiger partial charge is 0.453 e. The van der Waals surface area contributed by atoms with E-state index in [0.717, 1.165) is 46.5 Å². The summed E-state index contributed by atoms with van der Waals surface area (Å²) in [5, 5.41) is 0. The van der Waals surface area contributed by atoms with Crippen LogP contribution in [0.4, 0.5) is 17.1 Å². The molecule has 1 aliphatic heterocycles. The Hall–Kier alpha value is -6.26. The maximum Gasteiger partial charge on any atom is 0.193 e. The Morgan fingerprint density at radius 1 is 0.500 bits per heavy atom. The topological polar surface area (TPSA) is 46.6 Å². The molecule has 6 aromatic carbocycles. The maximum atomic E-state index is 14.4. The second-order valence-corrected chi connectivity index (χ2v) is 12.0. The molecule has 0 bridgehead atoms. The summed E-state index contributed by atoms with van der Waals surface area (Å²) >= 11 is 0. The molecule has 4 heteroatoms. The summed E-state index contributed by atoms with van der Waals surface area (Å²) < 4.78 is 6.26. The molecule has 2 aliphatic rings. The summed E-state index contributed by atoms with van der Waals surface area (Å²) in [5.41, 5.74) is 8.41. The van der Waals surface area contributed by atoms with Crippen LogP contribution in [-0.2, 0) is 0 Å². The van der Waals surface area contributed by atoms with Crippen LogP contribution < -0.4 is 9.64 Å². The lowest BCUT2D eigenvalue weighted by molar-refractivity contribution is 0.103. The highest BCUT2D eigenvalue weighted by molar-refractivity contribution is 6.15. The first-order valence-corrected chi connectivity index (χ1v) is 16.2. The molecule has 6 aromatic rings. The van der Waals surface area contributed by atoms with Gasteiger partial charge in [-0.05, 0) is 89.7 Å². The van der Waals surface area contributed by atoms with Gasteiger partial charge in [-0.3, -0.25) is 9.59 Å². The zero-order chi connectivity index (χ0) is 32.5. The van der Waals surface area contributed by atoms with Crippen molar-refractivity contribution in [1.82, 2.24) is 0 Å². The van der Waals surface area contributed by atoms with Crippen LogP contribution in [0.1, 0.15) is 50.2 Å². The first-order valence-electron chi connectivity index (χ1n) is 16.2. The van der Waals surface area contributed by atoms with Gasteiger partial charge in [-0.15, -0.1) is 0 Å². The van der Waals surface area contributed by atoms with Crippen molar-refractivity contribution in [1.29, 1.82) is 0 Å². The number of nitrogens with zero attached hydrogens (tertiary/aromatic N) is 1. The predicted octanol–water partition coefficient (Wildman–Crippen LogP) is 11.1. The van der Waals surface area contributed by atoms with Crippen LogP contribution in [0.3, 0.4) is 0 Å². The molecule has 1 heterocycles. The molecule has 0 fully saturated rings. The van der Waals surface area contributed by atoms with Crippen molar-refractivity contribution >= 4 is 34.2 Å². The molecule has 0 radical (unpaired) electrons. The summed E-state index contributed by atoms with van der Waals surface area (Å²) in [4.78, 5) is 30.8. The fraction of sp³-hybridized carbons (Fsp3) is 0.0455. The highest BCUT2D eigenvalue weighted by Gasteiger charge is 2.27. The molecule has 0 spiro atoms. The van der Waals surface area contributed by atoms with Crippen molar-refractivity contribution in [3.8, 4) is 22.6 Å². The van der Waals surface area contributed by atoms with Gasteiger partial charge in [-0.1, -0.05) is 109 Å². The van der Waals surface area contributed by atoms with Crippen molar-refractivity contribution in [2.75, 3.05) is 4.90 Å². The second-order valence-electron chi connectivity index (χ2n) is 12.0. The Morgan fingerprint density at radius 2 is 1.06 bits per heavy atom. The molecule has 0 aromatic heterocycles. The number of para-hydroxylation sites is 4. The van der Waals surface area contributed by atoms with Gasteiger partial charge in [-0.2, -0.15) is 0 Å². The first-order chi connectivity index (χ1) is 23.6. The van der Waals surface area contributed by atoms with Gasteiger partial charge in [0.1, 0.15) is 0 Å². The molecule has 230 valence electrons. The zero-order valence-corrected chi connectivity index (χ0v) is 26.2. The SMILES string of the molecule is O=C(c1cccc(C2=CCCC=C2)c1)c1cc(C(=O)c2cccc(-c3ccccc3)c2)cc(N2c3ccccc3Oc3ccccc32)c1. The normalized spacial score (nSPS) is 13.2. The standard InChI is InChI=1S/C44H31NO3/c46-43(34-19-11-17-32(25-34)30-13-3-1-4-14-30)36-27-37(44(47)35-20-12-18-33(26-35)31-15-5-2-6-16-31)29-38(28-36)45-39-21-7-9-23-41(39)48-42-24-10-8-22-40(42)45/h1,3-5,7-29H,2,6H2. The van der Waals surface area contributed by atoms with Crippen molar-refractivity contribution in [3.05, 3.63) is 192 Å². The summed E-state index contributed by atoms with van der Waals surface area (Å²) in [6, 6.07) is 46.5. The van der Waals surface area contributed by atoms with E-state index in [0.29, 0.717) is 39.4 Å². The average molecular weight is 622 g/mol. The van der Waals surface area contributed by atoms with E-state index in [-0.39, 0.29) is 11.6 Å². The minimum Gasteiger partial charge on any atom is -0.453 e. The van der Waals surface area contributed by atoms with Crippen LogP contribution >= 0.6 is 0 Å². The molecule has 0 amide bonds. The molecule has 0 N–H and O–H groups in total. The lowest BCUT2D eigenvalue weighted by atomic mass is 9.92. The Labute approximate surface area is 279 Å². The quantitative estimate of drug-likeness (QED) is 0.166. The van der Waals surface area contributed by atoms with Gasteiger partial charge in [0.15, 0.2) is 23.1 Å². The van der Waals surface area contributed by atoms with Crippen molar-refractivity contribution in [2.24, 2.45) is 0 Å². The third-order valence-electron chi connectivity index (χ3n) is 8.82. The zero-order valence-electron chi connectivity index (χ0n) is 26.2. The Bertz CT molecular complexity index is 2220. The fourth-order valence-electron chi connectivity index (χ4n) is 6.46. The molecule has 8 rings (SSSR count). The molecule has 0 atom stereocenters. The van der Waals surface area contributed by atoms with Crippen LogP contribution in [0.5, 0.6) is 11.5 Å². The van der Waals surface area contributed by atoms with Crippen LogP contribution in [0.15, 0.2) is 164 Å². The van der Waals surface area contributed by atoms with E-state index in [1.54, 1.807) is 6.07 Å². The Kier molecular flexibility index (Phi) is 7.60. The molecule has 0 unspecified atom stereocenters. The van der Waals surface area contributed by atoms with Gasteiger partial charge >= 0.3 is 0 Å². The second kappa shape index (κ2) is 12.5. The Morgan fingerprint density at radius 3 is 1.69 bits per heavy atom. The minimum atomic E-state index is -0.162. The average Bonchev–Trinajstić information content (AvgIpc) is 3.17. The molecule has 1 aliphatic carbocycles. The van der Waals surface area contributed by atoms with E-state index in [1.807, 2.05) is 140 Å². The number of rotatable bonds is 7. The number of hydrogen-bond acceptors (Lipinski definition) is 4. The number of allylic oxidation sites excluding steroid dienone is 4. The summed E-state index contributed by atoms with van der Waals surface area (Å²) in [6.45, 7) is 0. The van der Waals surface area contributed by atoms with Crippen LogP contribution in [0, 0.1) is 0 Å². The molecule has 0 saturated carbocycles. The maximum absolute atomic E-state index is 14.4. The van der Waals surface area contributed by atoms with Crippen molar-refractivity contribution in [2.45, 2.75) is 12.8 Å². The van der Waals surface area contributed by atoms with Gasteiger partial charge in [0.25, 0.3) is 0 Å². The minimum absolute atomic E-state index is 0.152. The van der Waals surface area contributed by atoms with Crippen LogP contribution in [0.2, 0.25) is 0 Å². The number of anilines is 3. The number of carbonyl (C=O) groups excluding carboxylic acids is 2. The lowest BCUT2D eigenvalue weighted by Gasteiger charge is -2.33. The van der Waals surface area contributed by atoms with E-state index in [9.17, 15) is 9.59 Å². The highest BCUT2D eigenvalue weighted by atomic mass is 16.5. The van der Waals surface area contributed by atoms with Gasteiger partial charge in [0.05, 0.1) is 11.4 Å². The first kappa shape index (κ1) is 29.2. The number of benzene rings is 6. The number of ether oxygens (including phenoxy) is 1. The molecule has 4 nitrogen and oxygen atoms in total. The lowest BCUT2D eigenvalue weighted by Crippen LogP contribution is -2.17. The predicted molar refractivity (Wildman–Crippen MR) is 193 cm³/mol. The van der Waals surface area contributed by atoms with Crippen LogP contribution in [0.25, 0.3) is 16.7 Å². The smallest absolute Gasteiger partial charge is 0.193 e. The monoisotopic (exact) mass is 621 g/mol. The van der Waals surface area contributed by atoms with Crippen molar-refractivity contribution < 1.29 is 14.3 Å². The van der Waals surface area contributed by atoms with Gasteiger partial charge in [-0.25, -0.2) is 0 Å². The number of ketones is 2. The summed E-state index contributed by atoms with van der Waals surface area (Å²) in [6.07, 6.45) is 8.48. The molecular weight excluding hydrogens is 590 g/mol. The number of carbonyl (C=O) groups is 2.